The first-order chi connectivity index (χ1) is 9.35. The van der Waals surface area contributed by atoms with Crippen LogP contribution >= 0.6 is 0 Å². The zero-order valence-corrected chi connectivity index (χ0v) is 10.9. The Bertz CT molecular complexity index is 575. The van der Waals surface area contributed by atoms with Crippen LogP contribution in [-0.2, 0) is 26.1 Å². The monoisotopic (exact) mass is 254 g/mol. The molecule has 0 fully saturated rings. The Morgan fingerprint density at radius 3 is 2.74 bits per heavy atom. The summed E-state index contributed by atoms with van der Waals surface area (Å²) in [4.78, 5) is 0. The van der Waals surface area contributed by atoms with Crippen molar-refractivity contribution in [1.29, 1.82) is 0 Å². The third-order valence-corrected chi connectivity index (χ3v) is 3.65. The van der Waals surface area contributed by atoms with E-state index < -0.39 is 0 Å². The summed E-state index contributed by atoms with van der Waals surface area (Å²) in [5.74, 6) is 0.812. The van der Waals surface area contributed by atoms with Gasteiger partial charge in [-0.2, -0.15) is 0 Å². The molecule has 0 radical (unpaired) electrons. The van der Waals surface area contributed by atoms with Gasteiger partial charge in [0.1, 0.15) is 12.4 Å². The molecule has 2 nitrogen and oxygen atoms in total. The fourth-order valence-electron chi connectivity index (χ4n) is 2.62. The highest BCUT2D eigenvalue weighted by molar-refractivity contribution is 5.35. The highest BCUT2D eigenvalue weighted by atomic mass is 16.5. The lowest BCUT2D eigenvalue weighted by molar-refractivity contribution is 0.278. The number of hydrogen-bond donors (Lipinski definition) is 1. The molecular weight excluding hydrogens is 236 g/mol. The summed E-state index contributed by atoms with van der Waals surface area (Å²) in [5.41, 5.74) is 5.07. The number of aryl methyl sites for hydroxylation is 2. The molecule has 0 heterocycles. The van der Waals surface area contributed by atoms with Gasteiger partial charge in [0.15, 0.2) is 0 Å². The van der Waals surface area contributed by atoms with Gasteiger partial charge in [-0.3, -0.25) is 0 Å². The lowest BCUT2D eigenvalue weighted by Gasteiger charge is -2.09. The molecule has 0 saturated carbocycles. The minimum Gasteiger partial charge on any atom is -0.489 e. The van der Waals surface area contributed by atoms with Gasteiger partial charge >= 0.3 is 0 Å². The van der Waals surface area contributed by atoms with E-state index in [1.54, 1.807) is 0 Å². The van der Waals surface area contributed by atoms with Gasteiger partial charge in [0, 0.05) is 0 Å². The third-order valence-electron chi connectivity index (χ3n) is 3.65. The first-order valence-corrected chi connectivity index (χ1v) is 6.78. The van der Waals surface area contributed by atoms with Crippen molar-refractivity contribution in [2.75, 3.05) is 0 Å². The summed E-state index contributed by atoms with van der Waals surface area (Å²) in [6, 6.07) is 14.2. The van der Waals surface area contributed by atoms with Crippen LogP contribution in [0.15, 0.2) is 42.5 Å². The van der Waals surface area contributed by atoms with Gasteiger partial charge in [0.2, 0.25) is 0 Å². The lowest BCUT2D eigenvalue weighted by atomic mass is 10.1. The van der Waals surface area contributed by atoms with Crippen LogP contribution in [0.3, 0.4) is 0 Å². The molecule has 2 heteroatoms. The summed E-state index contributed by atoms with van der Waals surface area (Å²) in [5, 5.41) is 9.10. The van der Waals surface area contributed by atoms with Crippen LogP contribution in [0.4, 0.5) is 0 Å². The molecule has 0 amide bonds. The average Bonchev–Trinajstić information content (AvgIpc) is 2.93. The number of aliphatic hydroxyl groups excluding tert-OH is 1. The predicted octanol–water partition coefficient (Wildman–Crippen LogP) is 3.25. The van der Waals surface area contributed by atoms with Gasteiger partial charge in [-0.15, -0.1) is 0 Å². The maximum Gasteiger partial charge on any atom is 0.120 e. The Morgan fingerprint density at radius 2 is 1.84 bits per heavy atom. The molecule has 1 aliphatic carbocycles. The van der Waals surface area contributed by atoms with Gasteiger partial charge in [0.25, 0.3) is 0 Å². The van der Waals surface area contributed by atoms with Crippen LogP contribution in [0.2, 0.25) is 0 Å². The number of rotatable bonds is 4. The first-order valence-electron chi connectivity index (χ1n) is 6.78. The third kappa shape index (κ3) is 2.79. The second-order valence-electron chi connectivity index (χ2n) is 5.05. The minimum absolute atomic E-state index is 0.0516. The molecule has 0 aromatic heterocycles. The van der Waals surface area contributed by atoms with Crippen LogP contribution in [0, 0.1) is 0 Å². The quantitative estimate of drug-likeness (QED) is 0.907. The molecule has 0 aliphatic heterocycles. The van der Waals surface area contributed by atoms with E-state index in [2.05, 4.69) is 18.2 Å². The van der Waals surface area contributed by atoms with Crippen molar-refractivity contribution in [2.45, 2.75) is 32.5 Å². The number of fused-ring (bicyclic) bond motifs is 1. The van der Waals surface area contributed by atoms with Crippen LogP contribution < -0.4 is 4.74 Å². The molecule has 1 aliphatic rings. The first kappa shape index (κ1) is 12.2. The molecule has 19 heavy (non-hydrogen) atoms. The maximum absolute atomic E-state index is 9.10. The molecule has 2 aromatic rings. The maximum atomic E-state index is 9.10. The van der Waals surface area contributed by atoms with Crippen LogP contribution in [-0.4, -0.2) is 5.11 Å². The number of ether oxygens (including phenoxy) is 1. The number of benzene rings is 2. The molecular formula is C17H18O2. The van der Waals surface area contributed by atoms with Crippen molar-refractivity contribution < 1.29 is 9.84 Å². The van der Waals surface area contributed by atoms with Gasteiger partial charge in [-0.05, 0) is 53.6 Å². The summed E-state index contributed by atoms with van der Waals surface area (Å²) in [6.45, 7) is 0.637. The second-order valence-corrected chi connectivity index (χ2v) is 5.05. The Morgan fingerprint density at radius 1 is 0.947 bits per heavy atom. The van der Waals surface area contributed by atoms with Gasteiger partial charge in [-0.25, -0.2) is 0 Å². The summed E-state index contributed by atoms with van der Waals surface area (Å²) < 4.78 is 5.78. The van der Waals surface area contributed by atoms with E-state index in [9.17, 15) is 0 Å². The smallest absolute Gasteiger partial charge is 0.120 e. The normalized spacial score (nSPS) is 13.3. The molecule has 0 unspecified atom stereocenters. The standard InChI is InChI=1S/C17H18O2/c18-11-13-3-1-6-17(10-13)19-12-14-7-8-15-4-2-5-16(15)9-14/h1,3,6-10,18H,2,4-5,11-12H2. The highest BCUT2D eigenvalue weighted by Gasteiger charge is 2.10. The SMILES string of the molecule is OCc1cccc(OCc2ccc3c(c2)CCC3)c1. The second kappa shape index (κ2) is 5.45. The fraction of sp³-hybridized carbons (Fsp3) is 0.294. The average molecular weight is 254 g/mol. The summed E-state index contributed by atoms with van der Waals surface area (Å²) >= 11 is 0. The molecule has 1 N–H and O–H groups in total. The lowest BCUT2D eigenvalue weighted by Crippen LogP contribution is -1.97. The fourth-order valence-corrected chi connectivity index (χ4v) is 2.62. The molecule has 0 atom stereocenters. The van der Waals surface area contributed by atoms with Gasteiger partial charge in [-0.1, -0.05) is 30.3 Å². The van der Waals surface area contributed by atoms with E-state index in [4.69, 9.17) is 9.84 Å². The number of aliphatic hydroxyl groups is 1. The van der Waals surface area contributed by atoms with E-state index in [0.29, 0.717) is 6.61 Å². The van der Waals surface area contributed by atoms with E-state index >= 15 is 0 Å². The molecule has 98 valence electrons. The summed E-state index contributed by atoms with van der Waals surface area (Å²) in [6.07, 6.45) is 3.69. The van der Waals surface area contributed by atoms with Gasteiger partial charge in [0.05, 0.1) is 6.61 Å². The van der Waals surface area contributed by atoms with E-state index in [-0.39, 0.29) is 6.61 Å². The van der Waals surface area contributed by atoms with Crippen molar-refractivity contribution in [3.63, 3.8) is 0 Å². The summed E-state index contributed by atoms with van der Waals surface area (Å²) in [7, 11) is 0. The zero-order valence-electron chi connectivity index (χ0n) is 10.9. The highest BCUT2D eigenvalue weighted by Crippen LogP contribution is 2.23. The zero-order chi connectivity index (χ0) is 13.1. The van der Waals surface area contributed by atoms with E-state index in [1.807, 2.05) is 24.3 Å². The van der Waals surface area contributed by atoms with E-state index in [0.717, 1.165) is 11.3 Å². The molecule has 0 bridgehead atoms. The van der Waals surface area contributed by atoms with Crippen LogP contribution in [0.5, 0.6) is 5.75 Å². The van der Waals surface area contributed by atoms with Gasteiger partial charge < -0.3 is 9.84 Å². The van der Waals surface area contributed by atoms with Crippen molar-refractivity contribution in [3.05, 3.63) is 64.7 Å². The molecule has 0 saturated heterocycles. The van der Waals surface area contributed by atoms with Crippen molar-refractivity contribution >= 4 is 0 Å². The van der Waals surface area contributed by atoms with Crippen molar-refractivity contribution in [1.82, 2.24) is 0 Å². The minimum atomic E-state index is 0.0516. The van der Waals surface area contributed by atoms with E-state index in [1.165, 1.54) is 36.0 Å². The van der Waals surface area contributed by atoms with Crippen molar-refractivity contribution in [3.8, 4) is 5.75 Å². The largest absolute Gasteiger partial charge is 0.489 e. The molecule has 2 aromatic carbocycles. The van der Waals surface area contributed by atoms with Crippen LogP contribution in [0.1, 0.15) is 28.7 Å². The Labute approximate surface area is 113 Å². The molecule has 0 spiro atoms. The van der Waals surface area contributed by atoms with Crippen molar-refractivity contribution in [2.24, 2.45) is 0 Å². The Hall–Kier alpha value is -1.80. The Balaban J connectivity index is 1.68. The predicted molar refractivity (Wildman–Crippen MR) is 75.2 cm³/mol. The Kier molecular flexibility index (Phi) is 3.51. The molecule has 3 rings (SSSR count). The van der Waals surface area contributed by atoms with Crippen LogP contribution in [0.25, 0.3) is 0 Å². The number of hydrogen-bond acceptors (Lipinski definition) is 2. The topological polar surface area (TPSA) is 29.5 Å².